The second kappa shape index (κ2) is 11.4. The molecule has 4 aliphatic heterocycles. The van der Waals surface area contributed by atoms with Crippen LogP contribution in [0.2, 0.25) is 0 Å². The first-order chi connectivity index (χ1) is 22.5. The molecule has 4 N–H and O–H groups in total. The number of carbonyl (C=O) groups is 3. The van der Waals surface area contributed by atoms with E-state index in [2.05, 4.69) is 20.9 Å². The first-order valence-electron chi connectivity index (χ1n) is 15.8. The number of hydrogen-bond donors (Lipinski definition) is 4. The fraction of sp³-hybridized carbons (Fsp3) is 0.441. The minimum atomic E-state index is -1.29. The summed E-state index contributed by atoms with van der Waals surface area (Å²) in [6, 6.07) is 10.8. The predicted molar refractivity (Wildman–Crippen MR) is 168 cm³/mol. The van der Waals surface area contributed by atoms with Crippen molar-refractivity contribution in [3.05, 3.63) is 76.5 Å². The summed E-state index contributed by atoms with van der Waals surface area (Å²) in [5, 5.41) is 19.8. The van der Waals surface area contributed by atoms with E-state index in [1.165, 1.54) is 7.11 Å². The molecule has 1 aromatic heterocycles. The highest BCUT2D eigenvalue weighted by Gasteiger charge is 2.61. The number of nitrogens with zero attached hydrogens (tertiary/aromatic N) is 2. The van der Waals surface area contributed by atoms with Crippen LogP contribution in [0, 0.1) is 11.8 Å². The highest BCUT2D eigenvalue weighted by molar-refractivity contribution is 5.98. The number of amides is 2. The number of aliphatic hydroxyl groups excluding tert-OH is 1. The number of anilines is 1. The van der Waals surface area contributed by atoms with Crippen molar-refractivity contribution in [1.29, 1.82) is 0 Å². The Kier molecular flexibility index (Phi) is 7.46. The van der Waals surface area contributed by atoms with Crippen LogP contribution >= 0.6 is 0 Å². The first-order valence-corrected chi connectivity index (χ1v) is 15.8. The Bertz CT molecular complexity index is 1800. The number of aliphatic hydroxyl groups is 1. The van der Waals surface area contributed by atoms with Crippen molar-refractivity contribution in [2.75, 3.05) is 19.0 Å². The lowest BCUT2D eigenvalue weighted by Crippen LogP contribution is -2.52. The van der Waals surface area contributed by atoms with Gasteiger partial charge in [-0.3, -0.25) is 9.59 Å². The maximum atomic E-state index is 14.0. The molecule has 2 amide bonds. The Morgan fingerprint density at radius 2 is 1.89 bits per heavy atom. The third-order valence-corrected chi connectivity index (χ3v) is 9.28. The molecule has 5 heterocycles. The summed E-state index contributed by atoms with van der Waals surface area (Å²) in [6.45, 7) is 7.27. The van der Waals surface area contributed by atoms with Crippen molar-refractivity contribution in [2.45, 2.75) is 70.0 Å². The minimum Gasteiger partial charge on any atom is -0.473 e. The van der Waals surface area contributed by atoms with Crippen LogP contribution in [0.5, 0.6) is 5.75 Å². The summed E-state index contributed by atoms with van der Waals surface area (Å²) in [5.41, 5.74) is 2.43. The van der Waals surface area contributed by atoms with Crippen LogP contribution in [0.3, 0.4) is 0 Å². The van der Waals surface area contributed by atoms with Gasteiger partial charge in [-0.25, -0.2) is 14.8 Å². The van der Waals surface area contributed by atoms with Crippen molar-refractivity contribution < 1.29 is 38.1 Å². The maximum absolute atomic E-state index is 14.0. The molecule has 0 saturated heterocycles. The van der Waals surface area contributed by atoms with Crippen LogP contribution in [-0.4, -0.2) is 71.9 Å². The van der Waals surface area contributed by atoms with E-state index in [1.807, 2.05) is 56.3 Å². The number of ether oxygens (including phenoxy) is 3. The lowest BCUT2D eigenvalue weighted by atomic mass is 9.72. The van der Waals surface area contributed by atoms with Crippen LogP contribution in [-0.2, 0) is 35.7 Å². The van der Waals surface area contributed by atoms with Gasteiger partial charge in [-0.1, -0.05) is 58.0 Å². The standard InChI is InChI=1S/C34H37N5O8/c1-15(2)24-31-39-25(30-36-22(14-45-30)32(43)44-5)27(47-31)34-18-8-6-7-9-20(18)37-33(34)46-23-11-10-17(12-19(23)34)13-21(28(41)38-24)35-29(42)26(40)16(3)4/h6-12,15-16,21-22,24,26,33,37,40H,13-14H2,1-5H3,(H,35,42)(H,38,41)/t21-,22+,24-,26-,33?,34-/m0/s1. The number of carbonyl (C=O) groups excluding carboxylic acids is 3. The Balaban J connectivity index is 1.46. The molecule has 1 spiro atoms. The molecular weight excluding hydrogens is 606 g/mol. The van der Waals surface area contributed by atoms with E-state index in [0.29, 0.717) is 11.5 Å². The molecule has 6 atom stereocenters. The van der Waals surface area contributed by atoms with Crippen LogP contribution in [0.15, 0.2) is 51.9 Å². The Morgan fingerprint density at radius 1 is 1.11 bits per heavy atom. The molecule has 13 heteroatoms. The van der Waals surface area contributed by atoms with Gasteiger partial charge in [0.15, 0.2) is 23.7 Å². The van der Waals surface area contributed by atoms with E-state index in [0.717, 1.165) is 22.4 Å². The zero-order valence-electron chi connectivity index (χ0n) is 26.7. The number of para-hydroxylation sites is 1. The van der Waals surface area contributed by atoms with Crippen LogP contribution in [0.4, 0.5) is 5.69 Å². The van der Waals surface area contributed by atoms with E-state index in [4.69, 9.17) is 23.6 Å². The van der Waals surface area contributed by atoms with E-state index in [-0.39, 0.29) is 42.3 Å². The molecule has 4 bridgehead atoms. The minimum absolute atomic E-state index is 0.0277. The van der Waals surface area contributed by atoms with E-state index >= 15 is 0 Å². The molecule has 3 aromatic rings. The number of esters is 1. The predicted octanol–water partition coefficient (Wildman–Crippen LogP) is 2.34. The quantitative estimate of drug-likeness (QED) is 0.292. The first kappa shape index (κ1) is 30.7. The smallest absolute Gasteiger partial charge is 0.334 e. The summed E-state index contributed by atoms with van der Waals surface area (Å²) in [4.78, 5) is 48.9. The van der Waals surface area contributed by atoms with Crippen molar-refractivity contribution in [3.63, 3.8) is 0 Å². The molecule has 0 saturated carbocycles. The normalized spacial score (nSPS) is 26.0. The molecule has 2 aromatic carbocycles. The summed E-state index contributed by atoms with van der Waals surface area (Å²) in [6.07, 6.45) is -1.79. The number of fused-ring (bicyclic) bond motifs is 4. The van der Waals surface area contributed by atoms with Gasteiger partial charge >= 0.3 is 5.97 Å². The largest absolute Gasteiger partial charge is 0.473 e. The van der Waals surface area contributed by atoms with E-state index in [9.17, 15) is 19.5 Å². The fourth-order valence-electron chi connectivity index (χ4n) is 6.77. The Morgan fingerprint density at radius 3 is 2.64 bits per heavy atom. The SMILES string of the molecule is COC(=O)[C@H]1COC(c2nc3oc2[C@@]24c5ccccc5NC2Oc2ccc(cc24)C[C@H](NC(=O)[C@@H](O)C(C)C)C(=O)N[C@H]3C(C)C)=N1. The average Bonchev–Trinajstić information content (AvgIpc) is 3.83. The molecule has 0 aliphatic carbocycles. The zero-order valence-corrected chi connectivity index (χ0v) is 26.7. The number of oxazole rings is 1. The lowest BCUT2D eigenvalue weighted by Gasteiger charge is -2.29. The zero-order chi connectivity index (χ0) is 33.2. The van der Waals surface area contributed by atoms with Gasteiger partial charge in [0.2, 0.25) is 23.6 Å². The topological polar surface area (TPSA) is 174 Å². The van der Waals surface area contributed by atoms with Gasteiger partial charge in [0, 0.05) is 17.7 Å². The molecule has 0 fully saturated rings. The second-order valence-corrected chi connectivity index (χ2v) is 13.0. The summed E-state index contributed by atoms with van der Waals surface area (Å²) in [5.74, 6) is -0.895. The Labute approximate surface area is 271 Å². The van der Waals surface area contributed by atoms with Gasteiger partial charge in [0.25, 0.3) is 0 Å². The molecule has 4 aliphatic rings. The highest BCUT2D eigenvalue weighted by Crippen LogP contribution is 2.58. The number of benzene rings is 2. The second-order valence-electron chi connectivity index (χ2n) is 13.0. The van der Waals surface area contributed by atoms with Crippen molar-refractivity contribution >= 4 is 29.4 Å². The maximum Gasteiger partial charge on any atom is 0.334 e. The number of aromatic nitrogens is 1. The molecule has 0 radical (unpaired) electrons. The van der Waals surface area contributed by atoms with Crippen molar-refractivity contribution in [1.82, 2.24) is 15.6 Å². The van der Waals surface area contributed by atoms with Gasteiger partial charge in [0.05, 0.1) is 7.11 Å². The van der Waals surface area contributed by atoms with Gasteiger partial charge in [0.1, 0.15) is 36.0 Å². The fourth-order valence-corrected chi connectivity index (χ4v) is 6.77. The summed E-state index contributed by atoms with van der Waals surface area (Å²) < 4.78 is 24.2. The highest BCUT2D eigenvalue weighted by atomic mass is 16.5. The molecular formula is C34H37N5O8. The summed E-state index contributed by atoms with van der Waals surface area (Å²) >= 11 is 0. The monoisotopic (exact) mass is 643 g/mol. The van der Waals surface area contributed by atoms with Gasteiger partial charge in [-0.2, -0.15) is 0 Å². The third kappa shape index (κ3) is 4.82. The lowest BCUT2D eigenvalue weighted by molar-refractivity contribution is -0.142. The number of aliphatic imine (C=N–C) groups is 1. The van der Waals surface area contributed by atoms with Gasteiger partial charge in [-0.15, -0.1) is 0 Å². The number of nitrogens with one attached hydrogen (secondary N) is 3. The van der Waals surface area contributed by atoms with Crippen molar-refractivity contribution in [3.8, 4) is 5.75 Å². The van der Waals surface area contributed by atoms with Gasteiger partial charge in [-0.05, 0) is 35.1 Å². The number of methoxy groups -OCH3 is 1. The molecule has 47 heavy (non-hydrogen) atoms. The average molecular weight is 644 g/mol. The number of hydrogen-bond acceptors (Lipinski definition) is 11. The van der Waals surface area contributed by atoms with E-state index < -0.39 is 53.7 Å². The van der Waals surface area contributed by atoms with Crippen molar-refractivity contribution in [2.24, 2.45) is 16.8 Å². The molecule has 13 nitrogen and oxygen atoms in total. The van der Waals surface area contributed by atoms with Crippen LogP contribution in [0.25, 0.3) is 0 Å². The molecule has 1 unspecified atom stereocenters. The Hall–Kier alpha value is -4.91. The van der Waals surface area contributed by atoms with E-state index in [1.54, 1.807) is 13.8 Å². The molecule has 7 rings (SSSR count). The molecule has 246 valence electrons. The van der Waals surface area contributed by atoms with Crippen LogP contribution < -0.4 is 20.7 Å². The summed E-state index contributed by atoms with van der Waals surface area (Å²) in [7, 11) is 1.29. The third-order valence-electron chi connectivity index (χ3n) is 9.28. The number of rotatable bonds is 6. The van der Waals surface area contributed by atoms with Crippen LogP contribution in [0.1, 0.15) is 67.8 Å². The van der Waals surface area contributed by atoms with Gasteiger partial charge < -0.3 is 39.7 Å².